The van der Waals surface area contributed by atoms with Gasteiger partial charge in [0.1, 0.15) is 6.07 Å². The summed E-state index contributed by atoms with van der Waals surface area (Å²) in [5.74, 6) is 0.301. The van der Waals surface area contributed by atoms with Crippen LogP contribution in [-0.2, 0) is 6.42 Å². The van der Waals surface area contributed by atoms with Gasteiger partial charge < -0.3 is 15.2 Å². The summed E-state index contributed by atoms with van der Waals surface area (Å²) in [7, 11) is 1.49. The molecule has 0 spiro atoms. The molecule has 0 aromatic heterocycles. The van der Waals surface area contributed by atoms with Crippen molar-refractivity contribution in [2.24, 2.45) is 0 Å². The number of nitrogens with one attached hydrogen (secondary N) is 1. The summed E-state index contributed by atoms with van der Waals surface area (Å²) < 4.78 is 5.07. The topological polar surface area (TPSA) is 65.3 Å². The van der Waals surface area contributed by atoms with Gasteiger partial charge in [-0.1, -0.05) is 0 Å². The molecule has 1 atom stereocenters. The summed E-state index contributed by atoms with van der Waals surface area (Å²) in [4.78, 5) is 0. The smallest absolute Gasteiger partial charge is 0.175 e. The average molecular weight is 232 g/mol. The average Bonchev–Trinajstić information content (AvgIpc) is 2.84. The largest absolute Gasteiger partial charge is 0.503 e. The van der Waals surface area contributed by atoms with Crippen LogP contribution in [0.25, 0.3) is 0 Å². The predicted molar refractivity (Wildman–Crippen MR) is 64.1 cm³/mol. The van der Waals surface area contributed by atoms with Crippen molar-refractivity contribution in [2.75, 3.05) is 13.7 Å². The van der Waals surface area contributed by atoms with Crippen molar-refractivity contribution in [3.8, 4) is 17.6 Å². The molecule has 1 aliphatic rings. The fraction of sp³-hybridized carbons (Fsp3) is 0.462. The first-order valence-electron chi connectivity index (χ1n) is 5.78. The quantitative estimate of drug-likeness (QED) is 0.830. The molecule has 1 aromatic rings. The van der Waals surface area contributed by atoms with Gasteiger partial charge in [-0.2, -0.15) is 5.26 Å². The van der Waals surface area contributed by atoms with Crippen LogP contribution in [0.3, 0.4) is 0 Å². The van der Waals surface area contributed by atoms with E-state index >= 15 is 0 Å². The lowest BCUT2D eigenvalue weighted by Crippen LogP contribution is -2.23. The molecule has 1 saturated heterocycles. The molecule has 1 fully saturated rings. The fourth-order valence-electron chi connectivity index (χ4n) is 2.24. The van der Waals surface area contributed by atoms with Crippen LogP contribution < -0.4 is 10.1 Å². The summed E-state index contributed by atoms with van der Waals surface area (Å²) >= 11 is 0. The zero-order chi connectivity index (χ0) is 12.3. The number of ether oxygens (including phenoxy) is 1. The third-order valence-corrected chi connectivity index (χ3v) is 3.12. The van der Waals surface area contributed by atoms with Crippen LogP contribution in [-0.4, -0.2) is 24.8 Å². The first-order chi connectivity index (χ1) is 8.24. The Morgan fingerprint density at radius 3 is 3.00 bits per heavy atom. The maximum Gasteiger partial charge on any atom is 0.175 e. The van der Waals surface area contributed by atoms with Gasteiger partial charge in [0.25, 0.3) is 0 Å². The first-order valence-corrected chi connectivity index (χ1v) is 5.78. The monoisotopic (exact) mass is 232 g/mol. The molecule has 0 aliphatic carbocycles. The molecule has 90 valence electrons. The Labute approximate surface area is 101 Å². The van der Waals surface area contributed by atoms with Gasteiger partial charge in [0.05, 0.1) is 12.7 Å². The molecule has 1 heterocycles. The second-order valence-electron chi connectivity index (χ2n) is 4.30. The molecule has 0 radical (unpaired) electrons. The van der Waals surface area contributed by atoms with E-state index in [-0.39, 0.29) is 11.3 Å². The van der Waals surface area contributed by atoms with E-state index in [1.54, 1.807) is 12.1 Å². The van der Waals surface area contributed by atoms with Crippen molar-refractivity contribution in [1.82, 2.24) is 5.32 Å². The van der Waals surface area contributed by atoms with Gasteiger partial charge >= 0.3 is 0 Å². The third kappa shape index (κ3) is 2.51. The normalized spacial score (nSPS) is 18.9. The van der Waals surface area contributed by atoms with Crippen molar-refractivity contribution in [1.29, 1.82) is 5.26 Å². The number of benzene rings is 1. The maximum absolute atomic E-state index is 9.71. The molecule has 0 saturated carbocycles. The lowest BCUT2D eigenvalue weighted by molar-refractivity contribution is 0.372. The van der Waals surface area contributed by atoms with Gasteiger partial charge in [0.15, 0.2) is 11.5 Å². The molecule has 1 aromatic carbocycles. The number of phenolic OH excluding ortho intramolecular Hbond substituents is 1. The van der Waals surface area contributed by atoms with Gasteiger partial charge in [0.2, 0.25) is 0 Å². The van der Waals surface area contributed by atoms with E-state index in [0.29, 0.717) is 11.8 Å². The lowest BCUT2D eigenvalue weighted by Gasteiger charge is -2.12. The van der Waals surface area contributed by atoms with Crippen molar-refractivity contribution >= 4 is 0 Å². The fourth-order valence-corrected chi connectivity index (χ4v) is 2.24. The van der Waals surface area contributed by atoms with E-state index < -0.39 is 0 Å². The van der Waals surface area contributed by atoms with Crippen molar-refractivity contribution in [3.63, 3.8) is 0 Å². The number of methoxy groups -OCH3 is 1. The number of aromatic hydroxyl groups is 1. The highest BCUT2D eigenvalue weighted by atomic mass is 16.5. The molecular weight excluding hydrogens is 216 g/mol. The Bertz CT molecular complexity index is 445. The molecule has 1 aliphatic heterocycles. The van der Waals surface area contributed by atoms with Crippen LogP contribution in [0.2, 0.25) is 0 Å². The molecule has 0 amide bonds. The Morgan fingerprint density at radius 1 is 1.59 bits per heavy atom. The minimum absolute atomic E-state index is 0.0712. The summed E-state index contributed by atoms with van der Waals surface area (Å²) in [6, 6.07) is 5.99. The van der Waals surface area contributed by atoms with E-state index in [1.807, 2.05) is 6.07 Å². The van der Waals surface area contributed by atoms with Crippen molar-refractivity contribution in [2.45, 2.75) is 25.3 Å². The van der Waals surface area contributed by atoms with Gasteiger partial charge in [-0.25, -0.2) is 0 Å². The molecule has 1 unspecified atom stereocenters. The van der Waals surface area contributed by atoms with Crippen LogP contribution in [0.4, 0.5) is 0 Å². The molecular formula is C13H16N2O2. The molecule has 17 heavy (non-hydrogen) atoms. The number of hydrogen-bond acceptors (Lipinski definition) is 4. The van der Waals surface area contributed by atoms with Crippen LogP contribution in [0, 0.1) is 11.3 Å². The van der Waals surface area contributed by atoms with E-state index in [1.165, 1.54) is 13.5 Å². The molecule has 0 bridgehead atoms. The summed E-state index contributed by atoms with van der Waals surface area (Å²) in [6.45, 7) is 1.06. The van der Waals surface area contributed by atoms with E-state index in [4.69, 9.17) is 10.00 Å². The van der Waals surface area contributed by atoms with Gasteiger partial charge in [-0.15, -0.1) is 0 Å². The Morgan fingerprint density at radius 2 is 2.41 bits per heavy atom. The predicted octanol–water partition coefficient (Wildman–Crippen LogP) is 1.57. The number of phenols is 1. The van der Waals surface area contributed by atoms with E-state index in [0.717, 1.165) is 24.9 Å². The number of nitriles is 1. The maximum atomic E-state index is 9.71. The van der Waals surface area contributed by atoms with Crippen LogP contribution in [0.1, 0.15) is 24.0 Å². The Hall–Kier alpha value is -1.73. The van der Waals surface area contributed by atoms with E-state index in [9.17, 15) is 5.11 Å². The van der Waals surface area contributed by atoms with Crippen molar-refractivity contribution in [3.05, 3.63) is 23.3 Å². The summed E-state index contributed by atoms with van der Waals surface area (Å²) in [5.41, 5.74) is 1.30. The molecule has 2 N–H and O–H groups in total. The van der Waals surface area contributed by atoms with Crippen molar-refractivity contribution < 1.29 is 9.84 Å². The highest BCUT2D eigenvalue weighted by Crippen LogP contribution is 2.31. The second kappa shape index (κ2) is 5.07. The first kappa shape index (κ1) is 11.7. The number of hydrogen-bond donors (Lipinski definition) is 2. The second-order valence-corrected chi connectivity index (χ2v) is 4.30. The van der Waals surface area contributed by atoms with Gasteiger partial charge in [-0.3, -0.25) is 0 Å². The highest BCUT2D eigenvalue weighted by molar-refractivity contribution is 5.54. The highest BCUT2D eigenvalue weighted by Gasteiger charge is 2.17. The van der Waals surface area contributed by atoms with Crippen LogP contribution >= 0.6 is 0 Å². The minimum atomic E-state index is -0.0712. The Kier molecular flexibility index (Phi) is 3.50. The zero-order valence-electron chi connectivity index (χ0n) is 9.86. The minimum Gasteiger partial charge on any atom is -0.503 e. The molecule has 2 rings (SSSR count). The molecule has 4 heteroatoms. The SMILES string of the molecule is COc1cc(CC2CCCN2)cc(C#N)c1O. The third-order valence-electron chi connectivity index (χ3n) is 3.12. The number of nitrogens with zero attached hydrogens (tertiary/aromatic N) is 1. The Balaban J connectivity index is 2.25. The van der Waals surface area contributed by atoms with Gasteiger partial charge in [-0.05, 0) is 43.5 Å². The van der Waals surface area contributed by atoms with E-state index in [2.05, 4.69) is 5.32 Å². The summed E-state index contributed by atoms with van der Waals surface area (Å²) in [5, 5.41) is 22.1. The van der Waals surface area contributed by atoms with Crippen LogP contribution in [0.5, 0.6) is 11.5 Å². The van der Waals surface area contributed by atoms with Gasteiger partial charge in [0, 0.05) is 6.04 Å². The summed E-state index contributed by atoms with van der Waals surface area (Å²) in [6.07, 6.45) is 3.22. The number of rotatable bonds is 3. The standard InChI is InChI=1S/C13H16N2O2/c1-17-12-7-9(5-10(8-14)13(12)16)6-11-3-2-4-15-11/h5,7,11,15-16H,2-4,6H2,1H3. The lowest BCUT2D eigenvalue weighted by atomic mass is 10.0. The molecule has 4 nitrogen and oxygen atoms in total. The van der Waals surface area contributed by atoms with Crippen LogP contribution in [0.15, 0.2) is 12.1 Å². The zero-order valence-corrected chi connectivity index (χ0v) is 9.86.